The van der Waals surface area contributed by atoms with Gasteiger partial charge in [-0.15, -0.1) is 0 Å². The van der Waals surface area contributed by atoms with Crippen LogP contribution in [0.3, 0.4) is 0 Å². The van der Waals surface area contributed by atoms with Gasteiger partial charge in [-0.1, -0.05) is 97.6 Å². The summed E-state index contributed by atoms with van der Waals surface area (Å²) in [5, 5.41) is 0. The zero-order chi connectivity index (χ0) is 32.0. The van der Waals surface area contributed by atoms with E-state index in [1.807, 2.05) is 0 Å². The molecule has 4 aliphatic carbocycles. The minimum atomic E-state index is 0.227. The average molecular weight is 616 g/mol. The van der Waals surface area contributed by atoms with Gasteiger partial charge < -0.3 is 9.64 Å². The van der Waals surface area contributed by atoms with Crippen LogP contribution in [-0.4, -0.2) is 25.3 Å². The van der Waals surface area contributed by atoms with Crippen molar-refractivity contribution in [1.82, 2.24) is 0 Å². The van der Waals surface area contributed by atoms with Crippen LogP contribution in [0.5, 0.6) is 0 Å². The molecule has 2 nitrogen and oxygen atoms in total. The van der Waals surface area contributed by atoms with E-state index in [0.29, 0.717) is 23.0 Å². The zero-order valence-electron chi connectivity index (χ0n) is 30.7. The van der Waals surface area contributed by atoms with Crippen LogP contribution in [0.2, 0.25) is 0 Å². The van der Waals surface area contributed by atoms with Gasteiger partial charge in [0.2, 0.25) is 0 Å². The molecule has 1 aromatic carbocycles. The van der Waals surface area contributed by atoms with Crippen LogP contribution >= 0.6 is 0 Å². The number of fused-ring (bicyclic) bond motifs is 6. The van der Waals surface area contributed by atoms with Gasteiger partial charge in [0.1, 0.15) is 0 Å². The van der Waals surface area contributed by atoms with Crippen molar-refractivity contribution in [2.45, 2.75) is 163 Å². The van der Waals surface area contributed by atoms with Crippen molar-refractivity contribution in [3.05, 3.63) is 41.5 Å². The van der Waals surface area contributed by atoms with Gasteiger partial charge in [-0.3, -0.25) is 0 Å². The van der Waals surface area contributed by atoms with Crippen molar-refractivity contribution in [3.8, 4) is 0 Å². The first-order valence-corrected chi connectivity index (χ1v) is 19.6. The fraction of sp³-hybridized carbons (Fsp3) is 0.814. The summed E-state index contributed by atoms with van der Waals surface area (Å²) in [6.07, 6.45) is 22.3. The number of anilines is 1. The van der Waals surface area contributed by atoms with Gasteiger partial charge in [-0.25, -0.2) is 0 Å². The molecule has 0 spiro atoms. The van der Waals surface area contributed by atoms with Crippen LogP contribution in [0.4, 0.5) is 5.69 Å². The summed E-state index contributed by atoms with van der Waals surface area (Å²) in [5.74, 6) is 5.51. The normalized spacial score (nSPS) is 37.5. The van der Waals surface area contributed by atoms with E-state index in [4.69, 9.17) is 4.74 Å². The molecule has 0 saturated heterocycles. The summed E-state index contributed by atoms with van der Waals surface area (Å²) < 4.78 is 6.61. The lowest BCUT2D eigenvalue weighted by molar-refractivity contribution is -0.0641. The Morgan fingerprint density at radius 2 is 1.67 bits per heavy atom. The lowest BCUT2D eigenvalue weighted by atomic mass is 9.47. The summed E-state index contributed by atoms with van der Waals surface area (Å²) >= 11 is 0. The Morgan fingerprint density at radius 3 is 2.47 bits per heavy atom. The first kappa shape index (κ1) is 33.6. The Bertz CT molecular complexity index is 1180. The minimum Gasteiger partial charge on any atom is -0.378 e. The summed E-state index contributed by atoms with van der Waals surface area (Å²) in [5.41, 5.74) is 6.01. The van der Waals surface area contributed by atoms with Gasteiger partial charge in [-0.05, 0) is 136 Å². The van der Waals surface area contributed by atoms with Crippen LogP contribution < -0.4 is 4.90 Å². The molecule has 0 radical (unpaired) electrons. The monoisotopic (exact) mass is 616 g/mol. The maximum absolute atomic E-state index is 6.61. The molecule has 1 aromatic rings. The van der Waals surface area contributed by atoms with Crippen molar-refractivity contribution in [1.29, 1.82) is 0 Å². The third-order valence-corrected chi connectivity index (χ3v) is 15.1. The molecule has 0 aromatic heterocycles. The van der Waals surface area contributed by atoms with Crippen LogP contribution in [0.15, 0.2) is 35.9 Å². The summed E-state index contributed by atoms with van der Waals surface area (Å²) in [6, 6.07) is 9.63. The second-order valence-electron chi connectivity index (χ2n) is 18.2. The first-order valence-electron chi connectivity index (χ1n) is 19.6. The van der Waals surface area contributed by atoms with Crippen molar-refractivity contribution >= 4 is 5.69 Å². The number of ether oxygens (including phenoxy) is 1. The Labute approximate surface area is 278 Å². The second kappa shape index (κ2) is 13.3. The largest absolute Gasteiger partial charge is 0.378 e. The Kier molecular flexibility index (Phi) is 9.95. The van der Waals surface area contributed by atoms with Crippen molar-refractivity contribution < 1.29 is 4.74 Å². The van der Waals surface area contributed by atoms with Gasteiger partial charge in [-0.2, -0.15) is 0 Å². The maximum atomic E-state index is 6.61. The average Bonchev–Trinajstić information content (AvgIpc) is 3.46. The van der Waals surface area contributed by atoms with E-state index in [-0.39, 0.29) is 5.41 Å². The molecule has 1 aliphatic heterocycles. The molecule has 3 fully saturated rings. The standard InChI is InChI=1S/C43H69NO/c1-30(2)15-14-16-31(3)36-21-22-37-35-20-19-33-29-34(23-25-42(33,7)38(35)24-26-43(36,37)8)45-28-13-9-12-27-44-32(4)41(5,6)39-17-10-11-18-40(39)44/h10-11,17-19,30-32,34-38H,9,12-16,20-29H2,1-8H3/t31-,32?,34-,35?,36?,37?,38?,42-,43+/m0/s1. The van der Waals surface area contributed by atoms with Gasteiger partial charge in [0.25, 0.3) is 0 Å². The van der Waals surface area contributed by atoms with Crippen LogP contribution in [0.25, 0.3) is 0 Å². The predicted octanol–water partition coefficient (Wildman–Crippen LogP) is 11.8. The van der Waals surface area contributed by atoms with Gasteiger partial charge in [0.15, 0.2) is 0 Å². The number of rotatable bonds is 12. The first-order chi connectivity index (χ1) is 21.5. The highest BCUT2D eigenvalue weighted by Gasteiger charge is 2.59. The highest BCUT2D eigenvalue weighted by atomic mass is 16.5. The van der Waals surface area contributed by atoms with Gasteiger partial charge in [0.05, 0.1) is 6.10 Å². The lowest BCUT2D eigenvalue weighted by Crippen LogP contribution is -2.51. The molecule has 6 rings (SSSR count). The third-order valence-electron chi connectivity index (χ3n) is 15.1. The second-order valence-corrected chi connectivity index (χ2v) is 18.2. The van der Waals surface area contributed by atoms with Crippen molar-refractivity contribution in [3.63, 3.8) is 0 Å². The quantitative estimate of drug-likeness (QED) is 0.171. The third kappa shape index (κ3) is 6.22. The van der Waals surface area contributed by atoms with E-state index in [2.05, 4.69) is 90.6 Å². The summed E-state index contributed by atoms with van der Waals surface area (Å²) in [7, 11) is 0. The number of nitrogens with zero attached hydrogens (tertiary/aromatic N) is 1. The van der Waals surface area contributed by atoms with Crippen molar-refractivity contribution in [2.75, 3.05) is 18.1 Å². The fourth-order valence-corrected chi connectivity index (χ4v) is 12.0. The van der Waals surface area contributed by atoms with E-state index < -0.39 is 0 Å². The molecule has 2 heteroatoms. The molecule has 0 bridgehead atoms. The summed E-state index contributed by atoms with van der Waals surface area (Å²) in [4.78, 5) is 2.66. The Balaban J connectivity index is 0.969. The lowest BCUT2D eigenvalue weighted by Gasteiger charge is -2.58. The van der Waals surface area contributed by atoms with E-state index >= 15 is 0 Å². The van der Waals surface area contributed by atoms with E-state index in [1.165, 1.54) is 101 Å². The molecule has 0 amide bonds. The van der Waals surface area contributed by atoms with Crippen LogP contribution in [0.1, 0.15) is 151 Å². The van der Waals surface area contributed by atoms with Crippen LogP contribution in [-0.2, 0) is 10.2 Å². The number of hydrogen-bond acceptors (Lipinski definition) is 2. The fourth-order valence-electron chi connectivity index (χ4n) is 12.0. The van der Waals surface area contributed by atoms with E-state index in [1.54, 1.807) is 5.57 Å². The minimum absolute atomic E-state index is 0.227. The highest BCUT2D eigenvalue weighted by Crippen LogP contribution is 2.67. The molecule has 1 heterocycles. The molecule has 3 saturated carbocycles. The Hall–Kier alpha value is -1.28. The van der Waals surface area contributed by atoms with E-state index in [9.17, 15) is 0 Å². The molecular formula is C43H69NO. The number of para-hydroxylation sites is 1. The smallest absolute Gasteiger partial charge is 0.0612 e. The molecule has 9 atom stereocenters. The van der Waals surface area contributed by atoms with Crippen LogP contribution in [0, 0.1) is 46.3 Å². The predicted molar refractivity (Wildman–Crippen MR) is 193 cm³/mol. The van der Waals surface area contributed by atoms with Crippen molar-refractivity contribution in [2.24, 2.45) is 46.3 Å². The molecular weight excluding hydrogens is 546 g/mol. The molecule has 5 aliphatic rings. The molecule has 252 valence electrons. The van der Waals surface area contributed by atoms with Gasteiger partial charge >= 0.3 is 0 Å². The SMILES string of the molecule is CC(C)CCC[C@H](C)C1CCC2C3CC=C4C[C@@H](OCCCCCN5c6ccccc6C(C)(C)C5C)CC[C@]4(C)C3CC[C@@]21C. The zero-order valence-corrected chi connectivity index (χ0v) is 30.7. The molecule has 0 N–H and O–H groups in total. The Morgan fingerprint density at radius 1 is 0.867 bits per heavy atom. The number of allylic oxidation sites excluding steroid dienone is 1. The number of hydrogen-bond donors (Lipinski definition) is 0. The topological polar surface area (TPSA) is 12.5 Å². The number of unbranched alkanes of at least 4 members (excludes halogenated alkanes) is 2. The summed E-state index contributed by atoms with van der Waals surface area (Å²) in [6.45, 7) is 22.1. The maximum Gasteiger partial charge on any atom is 0.0612 e. The van der Waals surface area contributed by atoms with Gasteiger partial charge in [0, 0.05) is 30.3 Å². The van der Waals surface area contributed by atoms with E-state index in [0.717, 1.165) is 48.7 Å². The highest BCUT2D eigenvalue weighted by molar-refractivity contribution is 5.63. The molecule has 45 heavy (non-hydrogen) atoms. The number of benzene rings is 1. The molecule has 5 unspecified atom stereocenters.